The lowest BCUT2D eigenvalue weighted by molar-refractivity contribution is -0.149. The maximum absolute atomic E-state index is 14.0. The van der Waals surface area contributed by atoms with Gasteiger partial charge in [-0.25, -0.2) is 4.79 Å². The summed E-state index contributed by atoms with van der Waals surface area (Å²) >= 11 is 6.27. The molecule has 3 aromatic carbocycles. The smallest absolute Gasteiger partial charge is 0.374 e. The number of rotatable bonds is 8. The van der Waals surface area contributed by atoms with Crippen LogP contribution in [0.15, 0.2) is 77.5 Å². The van der Waals surface area contributed by atoms with Gasteiger partial charge in [-0.3, -0.25) is 14.4 Å². The minimum absolute atomic E-state index is 0.0227. The maximum Gasteiger partial charge on any atom is 0.374 e. The molecule has 3 amide bonds. The van der Waals surface area contributed by atoms with Gasteiger partial charge in [-0.15, -0.1) is 5.10 Å². The van der Waals surface area contributed by atoms with Crippen LogP contribution in [0.25, 0.3) is 16.7 Å². The zero-order valence-corrected chi connectivity index (χ0v) is 27.0. The lowest BCUT2D eigenvalue weighted by Gasteiger charge is -2.38. The van der Waals surface area contributed by atoms with Crippen LogP contribution in [0, 0.1) is 0 Å². The van der Waals surface area contributed by atoms with Gasteiger partial charge >= 0.3 is 17.8 Å². The third kappa shape index (κ3) is 6.83. The summed E-state index contributed by atoms with van der Waals surface area (Å²) < 4.78 is 12.4. The molecular formula is C33H31ClN8O6. The number of hydrogen-bond acceptors (Lipinski definition) is 10. The van der Waals surface area contributed by atoms with Crippen LogP contribution in [0.1, 0.15) is 36.9 Å². The molecule has 14 nitrogen and oxygen atoms in total. The third-order valence-electron chi connectivity index (χ3n) is 7.55. The van der Waals surface area contributed by atoms with Crippen LogP contribution < -0.4 is 16.0 Å². The first-order valence-corrected chi connectivity index (χ1v) is 15.3. The van der Waals surface area contributed by atoms with Crippen LogP contribution in [-0.2, 0) is 25.5 Å². The van der Waals surface area contributed by atoms with Crippen LogP contribution in [0.5, 0.6) is 0 Å². The Hall–Kier alpha value is -5.76. The number of fused-ring (bicyclic) bond motifs is 1. The van der Waals surface area contributed by atoms with Gasteiger partial charge in [0.1, 0.15) is 23.6 Å². The van der Waals surface area contributed by atoms with E-state index in [4.69, 9.17) is 26.5 Å². The number of carbonyl (C=O) groups is 4. The van der Waals surface area contributed by atoms with Crippen molar-refractivity contribution in [3.8, 4) is 5.69 Å². The highest BCUT2D eigenvalue weighted by Gasteiger charge is 2.40. The van der Waals surface area contributed by atoms with Crippen LogP contribution in [0.2, 0.25) is 5.02 Å². The highest BCUT2D eigenvalue weighted by atomic mass is 35.5. The van der Waals surface area contributed by atoms with Crippen molar-refractivity contribution in [3.05, 3.63) is 89.4 Å². The lowest BCUT2D eigenvalue weighted by Crippen LogP contribution is -2.60. The average molecular weight is 671 g/mol. The van der Waals surface area contributed by atoms with Crippen molar-refractivity contribution in [3.63, 3.8) is 0 Å². The van der Waals surface area contributed by atoms with Crippen molar-refractivity contribution in [2.75, 3.05) is 29.0 Å². The Morgan fingerprint density at radius 1 is 1.00 bits per heavy atom. The molecule has 3 N–H and O–H groups in total. The predicted octanol–water partition coefficient (Wildman–Crippen LogP) is 4.02. The molecule has 0 bridgehead atoms. The summed E-state index contributed by atoms with van der Waals surface area (Å²) in [6, 6.07) is 17.1. The fourth-order valence-electron chi connectivity index (χ4n) is 5.35. The van der Waals surface area contributed by atoms with Crippen molar-refractivity contribution < 1.29 is 28.3 Å². The number of amides is 3. The zero-order valence-electron chi connectivity index (χ0n) is 26.2. The van der Waals surface area contributed by atoms with Crippen molar-refractivity contribution in [1.29, 1.82) is 0 Å². The molecule has 48 heavy (non-hydrogen) atoms. The summed E-state index contributed by atoms with van der Waals surface area (Å²) in [7, 11) is 0. The second-order valence-electron chi connectivity index (χ2n) is 12.2. The Morgan fingerprint density at radius 2 is 1.77 bits per heavy atom. The number of nitrogen functional groups attached to an aromatic ring is 1. The van der Waals surface area contributed by atoms with Gasteiger partial charge in [0.05, 0.1) is 11.4 Å². The standard InChI is InChI=1S/C33H31ClN8O6/c1-33(2,3)48-32(46)28-16-20-15-23(9-11-27(20)47-28)37-29(43)26(14-19-4-7-22(35)8-5-19)41-13-12-40(30(44)31(41)45)25-17-21(34)6-10-24(25)42-18-36-38-39-42/h4-11,15-18,26H,12-14,35H2,1-3H3,(H,37,43). The van der Waals surface area contributed by atoms with Crippen molar-refractivity contribution in [2.24, 2.45) is 0 Å². The Morgan fingerprint density at radius 3 is 2.48 bits per heavy atom. The molecule has 1 saturated heterocycles. The van der Waals surface area contributed by atoms with E-state index in [1.54, 1.807) is 81.4 Å². The number of ether oxygens (including phenoxy) is 1. The molecular weight excluding hydrogens is 640 g/mol. The molecule has 1 aliphatic heterocycles. The number of benzene rings is 3. The lowest BCUT2D eigenvalue weighted by atomic mass is 10.0. The van der Waals surface area contributed by atoms with Gasteiger partial charge in [-0.1, -0.05) is 23.7 Å². The summed E-state index contributed by atoms with van der Waals surface area (Å²) in [4.78, 5) is 56.5. The fraction of sp³-hybridized carbons (Fsp3) is 0.242. The summed E-state index contributed by atoms with van der Waals surface area (Å²) in [5.74, 6) is -2.82. The third-order valence-corrected chi connectivity index (χ3v) is 7.78. The summed E-state index contributed by atoms with van der Waals surface area (Å²) in [5.41, 5.74) is 8.04. The van der Waals surface area contributed by atoms with E-state index in [1.807, 2.05) is 0 Å². The summed E-state index contributed by atoms with van der Waals surface area (Å²) in [5, 5.41) is 15.0. The Kier molecular flexibility index (Phi) is 8.58. The average Bonchev–Trinajstić information content (AvgIpc) is 3.72. The number of carbonyl (C=O) groups excluding carboxylic acids is 4. The Labute approximate surface area is 279 Å². The molecule has 1 unspecified atom stereocenters. The van der Waals surface area contributed by atoms with Gasteiger partial charge in [0.2, 0.25) is 11.7 Å². The van der Waals surface area contributed by atoms with E-state index in [2.05, 4.69) is 20.8 Å². The molecule has 0 aliphatic carbocycles. The number of halogens is 1. The van der Waals surface area contributed by atoms with E-state index in [0.29, 0.717) is 38.7 Å². The predicted molar refractivity (Wildman–Crippen MR) is 177 cm³/mol. The van der Waals surface area contributed by atoms with Gasteiger partial charge in [0.25, 0.3) is 0 Å². The van der Waals surface area contributed by atoms with Gasteiger partial charge in [-0.2, -0.15) is 4.68 Å². The van der Waals surface area contributed by atoms with Gasteiger partial charge in [0.15, 0.2) is 0 Å². The normalized spacial score (nSPS) is 14.3. The van der Waals surface area contributed by atoms with Gasteiger partial charge < -0.3 is 30.0 Å². The quantitative estimate of drug-likeness (QED) is 0.139. The number of tetrazole rings is 1. The van der Waals surface area contributed by atoms with E-state index < -0.39 is 35.3 Å². The molecule has 5 aromatic rings. The second kappa shape index (κ2) is 12.8. The highest BCUT2D eigenvalue weighted by Crippen LogP contribution is 2.30. The largest absolute Gasteiger partial charge is 0.454 e. The fourth-order valence-corrected chi connectivity index (χ4v) is 5.52. The van der Waals surface area contributed by atoms with E-state index in [0.717, 1.165) is 5.56 Å². The van der Waals surface area contributed by atoms with E-state index in [-0.39, 0.29) is 25.3 Å². The molecule has 1 fully saturated rings. The molecule has 2 aromatic heterocycles. The minimum Gasteiger partial charge on any atom is -0.454 e. The topological polar surface area (TPSA) is 179 Å². The number of nitrogens with zero attached hydrogens (tertiary/aromatic N) is 6. The first-order chi connectivity index (χ1) is 22.9. The van der Waals surface area contributed by atoms with Gasteiger partial charge in [-0.05, 0) is 91.4 Å². The zero-order chi connectivity index (χ0) is 34.2. The number of piperazine rings is 1. The molecule has 246 valence electrons. The monoisotopic (exact) mass is 670 g/mol. The van der Waals surface area contributed by atoms with Gasteiger partial charge in [0, 0.05) is 41.3 Å². The Bertz CT molecular complexity index is 2020. The first kappa shape index (κ1) is 32.2. The Balaban J connectivity index is 1.26. The molecule has 0 spiro atoms. The minimum atomic E-state index is -1.07. The molecule has 1 aliphatic rings. The van der Waals surface area contributed by atoms with E-state index in [9.17, 15) is 19.2 Å². The van der Waals surface area contributed by atoms with Crippen molar-refractivity contribution in [1.82, 2.24) is 25.1 Å². The summed E-state index contributed by atoms with van der Waals surface area (Å²) in [6.07, 6.45) is 1.47. The number of hydrogen-bond donors (Lipinski definition) is 2. The maximum atomic E-state index is 14.0. The molecule has 1 atom stereocenters. The number of nitrogens with two attached hydrogens (primary N) is 1. The first-order valence-electron chi connectivity index (χ1n) is 14.9. The van der Waals surface area contributed by atoms with Crippen LogP contribution in [-0.4, -0.2) is 73.5 Å². The summed E-state index contributed by atoms with van der Waals surface area (Å²) in [6.45, 7) is 5.38. The highest BCUT2D eigenvalue weighted by molar-refractivity contribution is 6.41. The van der Waals surface area contributed by atoms with E-state index in [1.165, 1.54) is 26.9 Å². The number of anilines is 3. The van der Waals surface area contributed by atoms with Crippen LogP contribution in [0.4, 0.5) is 17.1 Å². The molecule has 3 heterocycles. The number of esters is 1. The van der Waals surface area contributed by atoms with Crippen molar-refractivity contribution >= 4 is 63.3 Å². The molecule has 6 rings (SSSR count). The molecule has 15 heteroatoms. The SMILES string of the molecule is CC(C)(C)OC(=O)c1cc2cc(NC(=O)C(Cc3ccc(N)cc3)N3CCN(c4cc(Cl)ccc4-n4cnnn4)C(=O)C3=O)ccc2o1. The number of furan rings is 1. The molecule has 0 saturated carbocycles. The molecule has 0 radical (unpaired) electrons. The second-order valence-corrected chi connectivity index (χ2v) is 12.6. The number of aromatic nitrogens is 4. The number of nitrogens with one attached hydrogen (secondary N) is 1. The van der Waals surface area contributed by atoms with Crippen molar-refractivity contribution in [2.45, 2.75) is 38.8 Å². The van der Waals surface area contributed by atoms with E-state index >= 15 is 0 Å². The van der Waals surface area contributed by atoms with Crippen LogP contribution in [0.3, 0.4) is 0 Å². The van der Waals surface area contributed by atoms with Crippen LogP contribution >= 0.6 is 11.6 Å².